The third-order valence-corrected chi connectivity index (χ3v) is 8.32. The molecule has 5 heterocycles. The van der Waals surface area contributed by atoms with Gasteiger partial charge < -0.3 is 14.4 Å². The summed E-state index contributed by atoms with van der Waals surface area (Å²) in [5.41, 5.74) is 1.76. The molecular weight excluding hydrogens is 470 g/mol. The van der Waals surface area contributed by atoms with E-state index in [2.05, 4.69) is 4.98 Å². The molecule has 0 spiro atoms. The maximum absolute atomic E-state index is 13.4. The molecule has 0 saturated carbocycles. The summed E-state index contributed by atoms with van der Waals surface area (Å²) in [4.78, 5) is 36.0. The van der Waals surface area contributed by atoms with Gasteiger partial charge in [0.1, 0.15) is 24.6 Å². The topological polar surface area (TPSA) is 73.7 Å². The van der Waals surface area contributed by atoms with E-state index in [9.17, 15) is 9.59 Å². The largest absolute Gasteiger partial charge is 0.486 e. The highest BCUT2D eigenvalue weighted by Crippen LogP contribution is 2.38. The van der Waals surface area contributed by atoms with Crippen LogP contribution in [0, 0.1) is 6.92 Å². The first-order chi connectivity index (χ1) is 16.6. The number of hydrogen-bond donors (Lipinski definition) is 0. The highest BCUT2D eigenvalue weighted by molar-refractivity contribution is 7.19. The quantitative estimate of drug-likeness (QED) is 0.414. The van der Waals surface area contributed by atoms with Crippen LogP contribution in [0.25, 0.3) is 20.7 Å². The number of hydrogen-bond acceptors (Lipinski definition) is 7. The van der Waals surface area contributed by atoms with Crippen molar-refractivity contribution in [2.24, 2.45) is 0 Å². The number of fused-ring (bicyclic) bond motifs is 2. The van der Waals surface area contributed by atoms with Crippen molar-refractivity contribution in [2.75, 3.05) is 19.8 Å². The number of carbonyl (C=O) groups is 1. The van der Waals surface area contributed by atoms with Gasteiger partial charge in [-0.2, -0.15) is 0 Å². The van der Waals surface area contributed by atoms with Crippen molar-refractivity contribution in [3.05, 3.63) is 62.8 Å². The van der Waals surface area contributed by atoms with Gasteiger partial charge in [0.25, 0.3) is 5.56 Å². The van der Waals surface area contributed by atoms with Crippen LogP contribution < -0.4 is 15.0 Å². The maximum atomic E-state index is 13.4. The lowest BCUT2D eigenvalue weighted by molar-refractivity contribution is -0.132. The van der Waals surface area contributed by atoms with Crippen LogP contribution in [0.15, 0.2) is 46.8 Å². The van der Waals surface area contributed by atoms with E-state index < -0.39 is 0 Å². The van der Waals surface area contributed by atoms with E-state index in [0.29, 0.717) is 30.0 Å². The first-order valence-electron chi connectivity index (χ1n) is 11.3. The number of aromatic nitrogens is 2. The summed E-state index contributed by atoms with van der Waals surface area (Å²) in [6.07, 6.45) is 3.30. The van der Waals surface area contributed by atoms with Gasteiger partial charge in [-0.25, -0.2) is 4.98 Å². The van der Waals surface area contributed by atoms with Gasteiger partial charge >= 0.3 is 0 Å². The molecule has 7 nitrogen and oxygen atoms in total. The van der Waals surface area contributed by atoms with Crippen LogP contribution in [-0.2, 0) is 11.3 Å². The SMILES string of the molecule is Cc1ccc(-c2csc3ncn(CC(=O)N4CCC[C@@H]4c4ccc5c(c4)OCCO5)c(=O)c23)s1. The number of aryl methyl sites for hydroxylation is 1. The molecular formula is C25H23N3O4S2. The standard InChI is InChI=1S/C25H23N3O4S2/c1-15-4-7-21(34-15)17-13-33-24-23(17)25(30)27(14-26-24)12-22(29)28-8-2-3-18(28)16-5-6-19-20(11-16)32-10-9-31-19/h4-7,11,13-14,18H,2-3,8-10,12H2,1H3/t18-/m1/s1. The van der Waals surface area contributed by atoms with Gasteiger partial charge in [-0.15, -0.1) is 22.7 Å². The molecule has 9 heteroatoms. The fourth-order valence-corrected chi connectivity index (χ4v) is 6.62. The van der Waals surface area contributed by atoms with Crippen LogP contribution in [0.5, 0.6) is 11.5 Å². The zero-order valence-electron chi connectivity index (χ0n) is 18.7. The molecule has 1 fully saturated rings. The lowest BCUT2D eigenvalue weighted by Crippen LogP contribution is -2.36. The minimum absolute atomic E-state index is 0.0262. The first kappa shape index (κ1) is 21.4. The Bertz CT molecular complexity index is 1450. The van der Waals surface area contributed by atoms with Crippen LogP contribution in [0.4, 0.5) is 0 Å². The minimum atomic E-state index is -0.171. The summed E-state index contributed by atoms with van der Waals surface area (Å²) in [5, 5.41) is 2.57. The predicted molar refractivity (Wildman–Crippen MR) is 133 cm³/mol. The number of nitrogens with zero attached hydrogens (tertiary/aromatic N) is 3. The third-order valence-electron chi connectivity index (χ3n) is 6.40. The second kappa shape index (κ2) is 8.56. The summed E-state index contributed by atoms with van der Waals surface area (Å²) in [6, 6.07) is 9.94. The molecule has 1 amide bonds. The predicted octanol–water partition coefficient (Wildman–Crippen LogP) is 4.63. The Balaban J connectivity index is 1.28. The van der Waals surface area contributed by atoms with Crippen LogP contribution in [0.3, 0.4) is 0 Å². The summed E-state index contributed by atoms with van der Waals surface area (Å²) in [5.74, 6) is 1.39. The number of carbonyl (C=O) groups excluding carboxylic acids is 1. The first-order valence-corrected chi connectivity index (χ1v) is 13.0. The molecule has 0 bridgehead atoms. The fourth-order valence-electron chi connectivity index (χ4n) is 4.76. The van der Waals surface area contributed by atoms with Gasteiger partial charge in [-0.05, 0) is 49.6 Å². The lowest BCUT2D eigenvalue weighted by Gasteiger charge is -2.27. The number of benzene rings is 1. The van der Waals surface area contributed by atoms with Crippen LogP contribution in [-0.4, -0.2) is 40.1 Å². The van der Waals surface area contributed by atoms with E-state index in [4.69, 9.17) is 9.47 Å². The molecule has 2 aliphatic rings. The van der Waals surface area contributed by atoms with E-state index in [0.717, 1.165) is 40.3 Å². The fraction of sp³-hybridized carbons (Fsp3) is 0.320. The summed E-state index contributed by atoms with van der Waals surface area (Å²) >= 11 is 3.11. The zero-order chi connectivity index (χ0) is 23.2. The van der Waals surface area contributed by atoms with Crippen LogP contribution in [0.1, 0.15) is 29.3 Å². The molecule has 1 atom stereocenters. The lowest BCUT2D eigenvalue weighted by atomic mass is 10.0. The normalized spacial score (nSPS) is 17.4. The molecule has 0 unspecified atom stereocenters. The van der Waals surface area contributed by atoms with Gasteiger partial charge in [0, 0.05) is 27.2 Å². The van der Waals surface area contributed by atoms with Gasteiger partial charge in [0.15, 0.2) is 11.5 Å². The van der Waals surface area contributed by atoms with E-state index in [1.54, 1.807) is 11.3 Å². The Morgan fingerprint density at radius 3 is 2.85 bits per heavy atom. The molecule has 1 saturated heterocycles. The molecule has 4 aromatic rings. The van der Waals surface area contributed by atoms with Crippen molar-refractivity contribution in [3.63, 3.8) is 0 Å². The number of likely N-dealkylation sites (tertiary alicyclic amines) is 1. The Hall–Kier alpha value is -3.17. The Morgan fingerprint density at radius 1 is 1.18 bits per heavy atom. The van der Waals surface area contributed by atoms with E-state index in [-0.39, 0.29) is 24.1 Å². The van der Waals surface area contributed by atoms with E-state index in [1.165, 1.54) is 27.1 Å². The van der Waals surface area contributed by atoms with E-state index in [1.807, 2.05) is 47.5 Å². The van der Waals surface area contributed by atoms with Crippen molar-refractivity contribution in [1.82, 2.24) is 14.5 Å². The number of rotatable bonds is 4. The Morgan fingerprint density at radius 2 is 2.03 bits per heavy atom. The van der Waals surface area contributed by atoms with Crippen LogP contribution in [0.2, 0.25) is 0 Å². The minimum Gasteiger partial charge on any atom is -0.486 e. The molecule has 0 N–H and O–H groups in total. The Labute approximate surface area is 204 Å². The zero-order valence-corrected chi connectivity index (χ0v) is 20.3. The van der Waals surface area contributed by atoms with Gasteiger partial charge in [-0.3, -0.25) is 14.2 Å². The molecule has 1 aromatic carbocycles. The average Bonchev–Trinajstić information content (AvgIpc) is 3.60. The highest BCUT2D eigenvalue weighted by atomic mass is 32.1. The monoisotopic (exact) mass is 493 g/mol. The van der Waals surface area contributed by atoms with Crippen molar-refractivity contribution < 1.29 is 14.3 Å². The van der Waals surface area contributed by atoms with Gasteiger partial charge in [-0.1, -0.05) is 6.07 Å². The third kappa shape index (κ3) is 3.69. The number of ether oxygens (including phenoxy) is 2. The second-order valence-corrected chi connectivity index (χ2v) is 10.7. The average molecular weight is 494 g/mol. The van der Waals surface area contributed by atoms with Gasteiger partial charge in [0.2, 0.25) is 5.91 Å². The summed E-state index contributed by atoms with van der Waals surface area (Å²) in [7, 11) is 0. The number of thiophene rings is 2. The van der Waals surface area contributed by atoms with Crippen LogP contribution >= 0.6 is 22.7 Å². The smallest absolute Gasteiger partial charge is 0.263 e. The molecule has 0 aliphatic carbocycles. The van der Waals surface area contributed by atoms with Crippen molar-refractivity contribution in [2.45, 2.75) is 32.4 Å². The highest BCUT2D eigenvalue weighted by Gasteiger charge is 2.31. The molecule has 3 aromatic heterocycles. The van der Waals surface area contributed by atoms with E-state index >= 15 is 0 Å². The summed E-state index contributed by atoms with van der Waals surface area (Å²) in [6.45, 7) is 3.76. The Kier molecular flexibility index (Phi) is 5.38. The number of amides is 1. The molecule has 6 rings (SSSR count). The maximum Gasteiger partial charge on any atom is 0.263 e. The molecule has 174 valence electrons. The molecule has 2 aliphatic heterocycles. The molecule has 34 heavy (non-hydrogen) atoms. The van der Waals surface area contributed by atoms with Gasteiger partial charge in [0.05, 0.1) is 17.8 Å². The van der Waals surface area contributed by atoms with Crippen molar-refractivity contribution in [3.8, 4) is 21.9 Å². The van der Waals surface area contributed by atoms with Crippen molar-refractivity contribution >= 4 is 38.8 Å². The molecule has 0 radical (unpaired) electrons. The van der Waals surface area contributed by atoms with Crippen molar-refractivity contribution in [1.29, 1.82) is 0 Å². The summed E-state index contributed by atoms with van der Waals surface area (Å²) < 4.78 is 12.8. The second-order valence-electron chi connectivity index (χ2n) is 8.57.